The number of para-hydroxylation sites is 1. The van der Waals surface area contributed by atoms with Crippen LogP contribution in [0.3, 0.4) is 0 Å². The first-order valence-corrected chi connectivity index (χ1v) is 6.66. The van der Waals surface area contributed by atoms with E-state index in [1.54, 1.807) is 25.1 Å². The molecule has 0 aliphatic carbocycles. The normalized spacial score (nSPS) is 11.1. The number of aromatic nitrogens is 3. The predicted octanol–water partition coefficient (Wildman–Crippen LogP) is 2.81. The van der Waals surface area contributed by atoms with Crippen LogP contribution >= 0.6 is 0 Å². The van der Waals surface area contributed by atoms with E-state index in [0.717, 1.165) is 5.56 Å². The van der Waals surface area contributed by atoms with Gasteiger partial charge in [-0.2, -0.15) is 15.4 Å². The molecule has 1 aromatic heterocycles. The Hall–Kier alpha value is -3.15. The summed E-state index contributed by atoms with van der Waals surface area (Å²) in [5.41, 5.74) is 2.71. The van der Waals surface area contributed by atoms with Gasteiger partial charge in [0.2, 0.25) is 0 Å². The minimum Gasteiger partial charge on any atom is -0.507 e. The van der Waals surface area contributed by atoms with Gasteiger partial charge in [-0.1, -0.05) is 18.2 Å². The molecule has 110 valence electrons. The van der Waals surface area contributed by atoms with Crippen LogP contribution in [0.15, 0.2) is 48.6 Å². The molecule has 0 bridgehead atoms. The van der Waals surface area contributed by atoms with Gasteiger partial charge in [0.15, 0.2) is 0 Å². The topological polar surface area (TPSA) is 88.1 Å². The van der Waals surface area contributed by atoms with Crippen LogP contribution in [-0.4, -0.2) is 26.5 Å². The number of carbonyl (C=O) groups excluding carboxylic acids is 1. The first kappa shape index (κ1) is 13.8. The minimum atomic E-state index is -0.492. The van der Waals surface area contributed by atoms with Crippen molar-refractivity contribution < 1.29 is 14.6 Å². The lowest BCUT2D eigenvalue weighted by Crippen LogP contribution is -2.03. The van der Waals surface area contributed by atoms with Crippen LogP contribution in [0.25, 0.3) is 22.2 Å². The van der Waals surface area contributed by atoms with E-state index in [-0.39, 0.29) is 11.5 Å². The fourth-order valence-corrected chi connectivity index (χ4v) is 2.17. The van der Waals surface area contributed by atoms with E-state index in [1.807, 2.05) is 18.2 Å². The van der Waals surface area contributed by atoms with Crippen molar-refractivity contribution in [1.29, 1.82) is 0 Å². The number of aromatic hydroxyl groups is 1. The molecular weight excluding hydrogens is 282 g/mol. The van der Waals surface area contributed by atoms with Crippen LogP contribution in [0.1, 0.15) is 6.92 Å². The zero-order valence-electron chi connectivity index (χ0n) is 11.8. The summed E-state index contributed by atoms with van der Waals surface area (Å²) in [6.07, 6.45) is 2.89. The second-order valence-electron chi connectivity index (χ2n) is 4.60. The number of H-pyrrole nitrogens is 1. The van der Waals surface area contributed by atoms with Gasteiger partial charge in [-0.25, -0.2) is 4.79 Å². The predicted molar refractivity (Wildman–Crippen MR) is 81.4 cm³/mol. The summed E-state index contributed by atoms with van der Waals surface area (Å²) in [5.74, 6) is -0.216. The van der Waals surface area contributed by atoms with Crippen LogP contribution in [0.4, 0.5) is 0 Å². The molecule has 0 saturated heterocycles. The number of hydrogen-bond acceptors (Lipinski definition) is 5. The summed E-state index contributed by atoms with van der Waals surface area (Å²) < 4.78 is 5.08. The molecule has 0 aliphatic heterocycles. The van der Waals surface area contributed by atoms with Gasteiger partial charge in [-0.15, -0.1) is 0 Å². The van der Waals surface area contributed by atoms with E-state index < -0.39 is 5.97 Å². The summed E-state index contributed by atoms with van der Waals surface area (Å²) in [6, 6.07) is 10.2. The van der Waals surface area contributed by atoms with Crippen molar-refractivity contribution in [2.24, 2.45) is 0 Å². The fraction of sp³-hybridized carbons (Fsp3) is 0.0625. The highest BCUT2D eigenvalue weighted by Crippen LogP contribution is 2.35. The SMILES string of the molecule is CC=CC(=O)Oc1ccc(-c2cccc3n[nH]nc23)c(O)c1. The Morgan fingerprint density at radius 2 is 2.09 bits per heavy atom. The Labute approximate surface area is 126 Å². The van der Waals surface area contributed by atoms with E-state index in [0.29, 0.717) is 16.6 Å². The molecule has 0 aliphatic rings. The maximum absolute atomic E-state index is 11.4. The third kappa shape index (κ3) is 2.54. The van der Waals surface area contributed by atoms with Crippen LogP contribution in [0.5, 0.6) is 11.5 Å². The van der Waals surface area contributed by atoms with Gasteiger partial charge < -0.3 is 9.84 Å². The largest absolute Gasteiger partial charge is 0.507 e. The van der Waals surface area contributed by atoms with Gasteiger partial charge in [-0.3, -0.25) is 0 Å². The Bertz CT molecular complexity index is 868. The number of fused-ring (bicyclic) bond motifs is 1. The molecule has 22 heavy (non-hydrogen) atoms. The molecule has 6 nitrogen and oxygen atoms in total. The summed E-state index contributed by atoms with van der Waals surface area (Å²) in [4.78, 5) is 11.4. The molecule has 2 N–H and O–H groups in total. The first-order chi connectivity index (χ1) is 10.7. The van der Waals surface area contributed by atoms with E-state index >= 15 is 0 Å². The third-order valence-corrected chi connectivity index (χ3v) is 3.13. The van der Waals surface area contributed by atoms with Gasteiger partial charge in [0, 0.05) is 23.3 Å². The number of hydrogen-bond donors (Lipinski definition) is 2. The lowest BCUT2D eigenvalue weighted by molar-refractivity contribution is -0.129. The number of nitrogens with one attached hydrogen (secondary N) is 1. The molecule has 2 aromatic carbocycles. The lowest BCUT2D eigenvalue weighted by atomic mass is 10.0. The average molecular weight is 295 g/mol. The van der Waals surface area contributed by atoms with Gasteiger partial charge in [-0.05, 0) is 25.1 Å². The number of allylic oxidation sites excluding steroid dienone is 1. The number of benzene rings is 2. The molecule has 0 atom stereocenters. The fourth-order valence-electron chi connectivity index (χ4n) is 2.17. The van der Waals surface area contributed by atoms with Crippen molar-refractivity contribution in [2.45, 2.75) is 6.92 Å². The van der Waals surface area contributed by atoms with Gasteiger partial charge in [0.1, 0.15) is 22.5 Å². The monoisotopic (exact) mass is 295 g/mol. The minimum absolute atomic E-state index is 0.00118. The summed E-state index contributed by atoms with van der Waals surface area (Å²) in [5, 5.41) is 20.9. The third-order valence-electron chi connectivity index (χ3n) is 3.13. The van der Waals surface area contributed by atoms with Crippen LogP contribution in [-0.2, 0) is 4.79 Å². The van der Waals surface area contributed by atoms with E-state index in [4.69, 9.17) is 4.74 Å². The molecule has 1 heterocycles. The highest BCUT2D eigenvalue weighted by molar-refractivity contribution is 5.93. The zero-order valence-corrected chi connectivity index (χ0v) is 11.8. The highest BCUT2D eigenvalue weighted by Gasteiger charge is 2.12. The number of ether oxygens (including phenoxy) is 1. The van der Waals surface area contributed by atoms with Gasteiger partial charge in [0.05, 0.1) is 0 Å². The quantitative estimate of drug-likeness (QED) is 0.440. The molecule has 0 saturated carbocycles. The molecule has 0 fully saturated rings. The Morgan fingerprint density at radius 3 is 2.86 bits per heavy atom. The smallest absolute Gasteiger partial charge is 0.335 e. The number of rotatable bonds is 3. The van der Waals surface area contributed by atoms with Gasteiger partial charge >= 0.3 is 5.97 Å². The van der Waals surface area contributed by atoms with Crippen molar-refractivity contribution >= 4 is 17.0 Å². The van der Waals surface area contributed by atoms with Crippen molar-refractivity contribution in [3.63, 3.8) is 0 Å². The molecule has 0 radical (unpaired) electrons. The number of nitrogens with zero attached hydrogens (tertiary/aromatic N) is 2. The summed E-state index contributed by atoms with van der Waals surface area (Å²) in [7, 11) is 0. The van der Waals surface area contributed by atoms with Crippen molar-refractivity contribution in [1.82, 2.24) is 15.4 Å². The van der Waals surface area contributed by atoms with Crippen LogP contribution in [0.2, 0.25) is 0 Å². The summed E-state index contributed by atoms with van der Waals surface area (Å²) >= 11 is 0. The molecular formula is C16H13N3O3. The maximum atomic E-state index is 11.4. The van der Waals surface area contributed by atoms with Crippen molar-refractivity contribution in [3.8, 4) is 22.6 Å². The Morgan fingerprint density at radius 1 is 1.23 bits per heavy atom. The molecule has 0 amide bonds. The molecule has 0 unspecified atom stereocenters. The number of carbonyl (C=O) groups is 1. The first-order valence-electron chi connectivity index (χ1n) is 6.66. The van der Waals surface area contributed by atoms with Crippen LogP contribution in [0, 0.1) is 0 Å². The number of esters is 1. The average Bonchev–Trinajstić information content (AvgIpc) is 2.96. The molecule has 6 heteroatoms. The van der Waals surface area contributed by atoms with Crippen molar-refractivity contribution in [2.75, 3.05) is 0 Å². The molecule has 3 aromatic rings. The van der Waals surface area contributed by atoms with E-state index in [9.17, 15) is 9.90 Å². The number of phenolic OH excluding ortho intramolecular Hbond substituents is 1. The lowest BCUT2D eigenvalue weighted by Gasteiger charge is -2.07. The zero-order chi connectivity index (χ0) is 15.5. The number of aromatic amines is 1. The van der Waals surface area contributed by atoms with E-state index in [1.165, 1.54) is 12.1 Å². The molecule has 3 rings (SSSR count). The van der Waals surface area contributed by atoms with Gasteiger partial charge in [0.25, 0.3) is 0 Å². The molecule has 0 spiro atoms. The van der Waals surface area contributed by atoms with Crippen molar-refractivity contribution in [3.05, 3.63) is 48.6 Å². The van der Waals surface area contributed by atoms with Crippen LogP contribution < -0.4 is 4.74 Å². The van der Waals surface area contributed by atoms with E-state index in [2.05, 4.69) is 15.4 Å². The Balaban J connectivity index is 1.99. The number of phenols is 1. The second kappa shape index (κ2) is 5.69. The summed E-state index contributed by atoms with van der Waals surface area (Å²) in [6.45, 7) is 1.72. The highest BCUT2D eigenvalue weighted by atomic mass is 16.5. The standard InChI is InChI=1S/C16H13N3O3/c1-2-4-15(21)22-10-7-8-11(14(20)9-10)12-5-3-6-13-16(12)18-19-17-13/h2-9,20H,1H3,(H,17,18,19). The second-order valence-corrected chi connectivity index (χ2v) is 4.60. The Kier molecular flexibility index (Phi) is 3.57. The maximum Gasteiger partial charge on any atom is 0.335 e.